The van der Waals surface area contributed by atoms with Gasteiger partial charge in [-0.2, -0.15) is 0 Å². The maximum absolute atomic E-state index is 5.55. The van der Waals surface area contributed by atoms with Crippen molar-refractivity contribution in [3.63, 3.8) is 0 Å². The van der Waals surface area contributed by atoms with E-state index in [2.05, 4.69) is 147 Å². The summed E-state index contributed by atoms with van der Waals surface area (Å²) in [5.41, 5.74) is 5.07. The monoisotopic (exact) mass is 670 g/mol. The van der Waals surface area contributed by atoms with E-state index in [4.69, 9.17) is 18.9 Å². The number of aryl methyl sites for hydroxylation is 2. The van der Waals surface area contributed by atoms with Crippen molar-refractivity contribution < 1.29 is 18.9 Å². The maximum atomic E-state index is 5.55. The van der Waals surface area contributed by atoms with Crippen LogP contribution in [0.15, 0.2) is 133 Å². The second-order valence-corrected chi connectivity index (χ2v) is 15.8. The molecule has 6 rings (SSSR count). The van der Waals surface area contributed by atoms with E-state index in [1.165, 1.54) is 54.1 Å². The predicted octanol–water partition coefficient (Wildman–Crippen LogP) is 7.52. The first kappa shape index (κ1) is 33.3. The van der Waals surface area contributed by atoms with Crippen molar-refractivity contribution in [2.24, 2.45) is 0 Å². The zero-order valence-electron chi connectivity index (χ0n) is 28.2. The quantitative estimate of drug-likeness (QED) is 0.134. The Morgan fingerprint density at radius 1 is 0.333 bits per heavy atom. The molecule has 6 heteroatoms. The van der Waals surface area contributed by atoms with Gasteiger partial charge in [0.05, 0.1) is 28.4 Å². The average molecular weight is 671 g/mol. The summed E-state index contributed by atoms with van der Waals surface area (Å²) in [6.45, 7) is 4.49. The standard InChI is InChI=1S/C42H40O4P2/c1-29-9-7-11-39(47(35-21-13-31(43-3)14-22-35)36-23-15-32(44-4)16-24-36)41(29)42-30(2)10-8-12-40(42)48(37-25-17-33(45-5)18-26-37)38-27-19-34(46-6)20-28-38/h7-28H,1-6H3. The van der Waals surface area contributed by atoms with E-state index in [9.17, 15) is 0 Å². The molecule has 0 heterocycles. The molecule has 0 fully saturated rings. The van der Waals surface area contributed by atoms with Crippen LogP contribution in [-0.4, -0.2) is 28.4 Å². The molecule has 0 aliphatic rings. The molecule has 0 saturated carbocycles. The van der Waals surface area contributed by atoms with Gasteiger partial charge in [0.1, 0.15) is 23.0 Å². The Labute approximate surface area is 286 Å². The lowest BCUT2D eigenvalue weighted by Gasteiger charge is -2.28. The molecule has 0 aliphatic heterocycles. The van der Waals surface area contributed by atoms with Crippen LogP contribution >= 0.6 is 15.8 Å². The number of methoxy groups -OCH3 is 4. The Morgan fingerprint density at radius 3 is 0.812 bits per heavy atom. The Bertz CT molecular complexity index is 1730. The fourth-order valence-electron chi connectivity index (χ4n) is 6.11. The summed E-state index contributed by atoms with van der Waals surface area (Å²) in [4.78, 5) is 0. The van der Waals surface area contributed by atoms with Gasteiger partial charge in [0.15, 0.2) is 0 Å². The molecule has 242 valence electrons. The van der Waals surface area contributed by atoms with Crippen LogP contribution in [0.4, 0.5) is 0 Å². The van der Waals surface area contributed by atoms with Crippen LogP contribution in [0.2, 0.25) is 0 Å². The van der Waals surface area contributed by atoms with Gasteiger partial charge >= 0.3 is 0 Å². The van der Waals surface area contributed by atoms with Crippen molar-refractivity contribution in [1.82, 2.24) is 0 Å². The van der Waals surface area contributed by atoms with E-state index >= 15 is 0 Å². The van der Waals surface area contributed by atoms with Gasteiger partial charge in [-0.15, -0.1) is 0 Å². The van der Waals surface area contributed by atoms with Crippen LogP contribution < -0.4 is 50.8 Å². The smallest absolute Gasteiger partial charge is 0.118 e. The fourth-order valence-corrected chi connectivity index (χ4v) is 11.1. The molecule has 0 aliphatic carbocycles. The van der Waals surface area contributed by atoms with Crippen molar-refractivity contribution in [1.29, 1.82) is 0 Å². The normalized spacial score (nSPS) is 11.1. The molecule has 0 saturated heterocycles. The van der Waals surface area contributed by atoms with E-state index in [1.807, 2.05) is 0 Å². The SMILES string of the molecule is COc1ccc(P(c2ccc(OC)cc2)c2cccc(C)c2-c2c(C)cccc2P(c2ccc(OC)cc2)c2ccc(OC)cc2)cc1. The highest BCUT2D eigenvalue weighted by atomic mass is 31.1. The van der Waals surface area contributed by atoms with E-state index in [0.29, 0.717) is 0 Å². The summed E-state index contributed by atoms with van der Waals surface area (Å²) in [6, 6.07) is 47.7. The first-order valence-electron chi connectivity index (χ1n) is 15.8. The maximum Gasteiger partial charge on any atom is 0.118 e. The number of ether oxygens (including phenoxy) is 4. The molecule has 48 heavy (non-hydrogen) atoms. The highest BCUT2D eigenvalue weighted by molar-refractivity contribution is 7.80. The second-order valence-electron chi connectivity index (χ2n) is 11.4. The van der Waals surface area contributed by atoms with Crippen LogP contribution in [0.1, 0.15) is 11.1 Å². The van der Waals surface area contributed by atoms with Crippen molar-refractivity contribution in [3.05, 3.63) is 145 Å². The Balaban J connectivity index is 1.62. The summed E-state index contributed by atoms with van der Waals surface area (Å²) in [6.07, 6.45) is 0. The van der Waals surface area contributed by atoms with Crippen molar-refractivity contribution in [2.75, 3.05) is 28.4 Å². The molecular weight excluding hydrogens is 630 g/mol. The van der Waals surface area contributed by atoms with Crippen LogP contribution in [0.5, 0.6) is 23.0 Å². The molecule has 0 spiro atoms. The number of rotatable bonds is 11. The van der Waals surface area contributed by atoms with Crippen LogP contribution in [-0.2, 0) is 0 Å². The van der Waals surface area contributed by atoms with E-state index in [-0.39, 0.29) is 0 Å². The lowest BCUT2D eigenvalue weighted by Crippen LogP contribution is -2.27. The second kappa shape index (κ2) is 15.1. The van der Waals surface area contributed by atoms with E-state index < -0.39 is 15.8 Å². The molecule has 0 atom stereocenters. The van der Waals surface area contributed by atoms with Crippen molar-refractivity contribution in [3.8, 4) is 34.1 Å². The summed E-state index contributed by atoms with van der Waals surface area (Å²) in [5, 5.41) is 7.65. The van der Waals surface area contributed by atoms with Crippen LogP contribution in [0.25, 0.3) is 11.1 Å². The molecule has 0 N–H and O–H groups in total. The highest BCUT2D eigenvalue weighted by Gasteiger charge is 2.27. The molecule has 0 aromatic heterocycles. The minimum atomic E-state index is -0.944. The predicted molar refractivity (Wildman–Crippen MR) is 205 cm³/mol. The summed E-state index contributed by atoms with van der Waals surface area (Å²) in [7, 11) is 4.96. The fraction of sp³-hybridized carbons (Fsp3) is 0.143. The van der Waals surface area contributed by atoms with Gasteiger partial charge in [-0.1, -0.05) is 84.9 Å². The third kappa shape index (κ3) is 6.83. The Kier molecular flexibility index (Phi) is 10.5. The molecule has 4 nitrogen and oxygen atoms in total. The van der Waals surface area contributed by atoms with E-state index in [0.717, 1.165) is 23.0 Å². The van der Waals surface area contributed by atoms with Crippen LogP contribution in [0, 0.1) is 13.8 Å². The van der Waals surface area contributed by atoms with Gasteiger partial charge in [0.2, 0.25) is 0 Å². The number of hydrogen-bond acceptors (Lipinski definition) is 4. The molecule has 0 unspecified atom stereocenters. The first-order chi connectivity index (χ1) is 23.4. The molecule has 0 radical (unpaired) electrons. The largest absolute Gasteiger partial charge is 0.497 e. The number of benzene rings is 6. The first-order valence-corrected chi connectivity index (χ1v) is 18.5. The van der Waals surface area contributed by atoms with Gasteiger partial charge in [-0.05, 0) is 132 Å². The van der Waals surface area contributed by atoms with Crippen molar-refractivity contribution >= 4 is 47.7 Å². The van der Waals surface area contributed by atoms with Gasteiger partial charge < -0.3 is 18.9 Å². The van der Waals surface area contributed by atoms with Crippen LogP contribution in [0.3, 0.4) is 0 Å². The van der Waals surface area contributed by atoms with Gasteiger partial charge in [-0.3, -0.25) is 0 Å². The Hall–Kier alpha value is -4.62. The molecule has 6 aromatic carbocycles. The topological polar surface area (TPSA) is 36.9 Å². The highest BCUT2D eigenvalue weighted by Crippen LogP contribution is 2.43. The lowest BCUT2D eigenvalue weighted by atomic mass is 9.96. The average Bonchev–Trinajstić information content (AvgIpc) is 3.13. The summed E-state index contributed by atoms with van der Waals surface area (Å²) >= 11 is 0. The van der Waals surface area contributed by atoms with Gasteiger partial charge in [0.25, 0.3) is 0 Å². The van der Waals surface area contributed by atoms with Gasteiger partial charge in [-0.25, -0.2) is 0 Å². The number of hydrogen-bond donors (Lipinski definition) is 0. The Morgan fingerprint density at radius 2 is 0.583 bits per heavy atom. The zero-order chi connectivity index (χ0) is 33.6. The minimum absolute atomic E-state index is 0.846. The summed E-state index contributed by atoms with van der Waals surface area (Å²) < 4.78 is 22.2. The molecule has 0 bridgehead atoms. The van der Waals surface area contributed by atoms with E-state index in [1.54, 1.807) is 28.4 Å². The third-order valence-electron chi connectivity index (χ3n) is 8.56. The minimum Gasteiger partial charge on any atom is -0.497 e. The molecule has 0 amide bonds. The third-order valence-corrected chi connectivity index (χ3v) is 13.5. The zero-order valence-corrected chi connectivity index (χ0v) is 30.0. The molecular formula is C42H40O4P2. The lowest BCUT2D eigenvalue weighted by molar-refractivity contribution is 0.415. The summed E-state index contributed by atoms with van der Waals surface area (Å²) in [5.74, 6) is 3.38. The molecule has 6 aromatic rings. The van der Waals surface area contributed by atoms with Gasteiger partial charge in [0, 0.05) is 0 Å². The van der Waals surface area contributed by atoms with Crippen molar-refractivity contribution in [2.45, 2.75) is 13.8 Å².